The predicted octanol–water partition coefficient (Wildman–Crippen LogP) is 5.01. The molecule has 1 aromatic rings. The van der Waals surface area contributed by atoms with Crippen molar-refractivity contribution in [2.45, 2.75) is 41.5 Å². The van der Waals surface area contributed by atoms with Crippen molar-refractivity contribution in [2.75, 3.05) is 0 Å². The first kappa shape index (κ1) is 18.8. The molecule has 1 heteroatoms. The van der Waals surface area contributed by atoms with Crippen molar-refractivity contribution in [3.05, 3.63) is 71.9 Å². The van der Waals surface area contributed by atoms with Gasteiger partial charge in [-0.25, -0.2) is 20.8 Å². The summed E-state index contributed by atoms with van der Waals surface area (Å²) in [4.78, 5) is 0. The summed E-state index contributed by atoms with van der Waals surface area (Å²) in [5.74, 6) is 4.06. The van der Waals surface area contributed by atoms with Gasteiger partial charge in [0, 0.05) is 18.6 Å². The van der Waals surface area contributed by atoms with Crippen LogP contribution >= 0.6 is 0 Å². The molecule has 0 spiro atoms. The van der Waals surface area contributed by atoms with Gasteiger partial charge < -0.3 is 37.0 Å². The summed E-state index contributed by atoms with van der Waals surface area (Å²) in [6, 6.07) is 6.56. The molecule has 1 aliphatic carbocycles. The minimum Gasteiger partial charge on any atom is -0.721 e. The van der Waals surface area contributed by atoms with E-state index in [2.05, 4.69) is 79.0 Å². The van der Waals surface area contributed by atoms with Gasteiger partial charge in [-0.05, 0) is 20.8 Å². The summed E-state index contributed by atoms with van der Waals surface area (Å²) < 4.78 is 0. The summed E-state index contributed by atoms with van der Waals surface area (Å²) >= 11 is 0. The first-order chi connectivity index (χ1) is 8.36. The minimum atomic E-state index is 0. The Morgan fingerprint density at radius 3 is 1.05 bits per heavy atom. The smallest absolute Gasteiger partial charge is 0 e. The first-order valence-electron chi connectivity index (χ1n) is 6.46. The van der Waals surface area contributed by atoms with Crippen molar-refractivity contribution < 1.29 is 18.6 Å². The predicted molar refractivity (Wildman–Crippen MR) is 80.3 cm³/mol. The van der Waals surface area contributed by atoms with Crippen molar-refractivity contribution in [1.82, 2.24) is 0 Å². The van der Waals surface area contributed by atoms with Crippen LogP contribution in [0.25, 0.3) is 0 Å². The molecule has 107 valence electrons. The topological polar surface area (TPSA) is 0 Å². The molecule has 0 heterocycles. The summed E-state index contributed by atoms with van der Waals surface area (Å²) in [5, 5.41) is 0. The van der Waals surface area contributed by atoms with E-state index < -0.39 is 0 Å². The Morgan fingerprint density at radius 2 is 0.842 bits per heavy atom. The van der Waals surface area contributed by atoms with Crippen molar-refractivity contribution in [3.8, 4) is 0 Å². The van der Waals surface area contributed by atoms with Crippen molar-refractivity contribution in [1.29, 1.82) is 0 Å². The number of aryl methyl sites for hydroxylation is 3. The maximum Gasteiger partial charge on any atom is 0 e. The second-order valence-electron chi connectivity index (χ2n) is 5.33. The second-order valence-corrected chi connectivity index (χ2v) is 5.33. The Morgan fingerprint density at radius 1 is 0.632 bits per heavy atom. The molecule has 0 nitrogen and oxygen atoms in total. The van der Waals surface area contributed by atoms with Crippen LogP contribution < -0.4 is 0 Å². The average molecular weight is 291 g/mol. The van der Waals surface area contributed by atoms with E-state index >= 15 is 0 Å². The summed E-state index contributed by atoms with van der Waals surface area (Å²) in [5.41, 5.74) is 4.06. The number of benzene rings is 1. The van der Waals surface area contributed by atoms with Crippen LogP contribution in [-0.2, 0) is 18.6 Å². The third kappa shape index (κ3) is 7.85. The van der Waals surface area contributed by atoms with E-state index in [0.29, 0.717) is 0 Å². The summed E-state index contributed by atoms with van der Waals surface area (Å²) in [6.07, 6.45) is 6.56. The molecule has 1 aromatic carbocycles. The van der Waals surface area contributed by atoms with Crippen LogP contribution in [0.2, 0.25) is 0 Å². The van der Waals surface area contributed by atoms with Gasteiger partial charge in [0.2, 0.25) is 0 Å². The van der Waals surface area contributed by atoms with Gasteiger partial charge in [-0.2, -0.15) is 0 Å². The van der Waals surface area contributed by atoms with E-state index in [1.165, 1.54) is 34.4 Å². The average Bonchev–Trinajstić information content (AvgIpc) is 2.12. The molecule has 0 amide bonds. The fraction of sp³-hybridized carbons (Fsp3) is 0.333. The van der Waals surface area contributed by atoms with Crippen LogP contribution in [0.3, 0.4) is 0 Å². The Balaban J connectivity index is 0.000000324. The maximum absolute atomic E-state index is 2.19. The Kier molecular flexibility index (Phi) is 8.78. The van der Waals surface area contributed by atoms with Crippen LogP contribution in [0.5, 0.6) is 0 Å². The standard InChI is InChI=1S/2C9H12.V/c2*1-7-4-8(2)6-9(3)5-7;/h2*4-6H,1-3H3;/q;-6;. The molecule has 0 aliphatic heterocycles. The van der Waals surface area contributed by atoms with E-state index in [1.807, 2.05) is 0 Å². The van der Waals surface area contributed by atoms with Crippen molar-refractivity contribution in [2.24, 2.45) is 0 Å². The number of rotatable bonds is 0. The molecule has 1 aliphatic rings. The molecular formula is C18H24V-6. The Bertz CT molecular complexity index is 294. The number of hydrogen-bond donors (Lipinski definition) is 0. The molecule has 0 atom stereocenters. The molecule has 19 heavy (non-hydrogen) atoms. The summed E-state index contributed by atoms with van der Waals surface area (Å²) in [7, 11) is 0. The van der Waals surface area contributed by atoms with E-state index in [9.17, 15) is 0 Å². The molecule has 0 N–H and O–H groups in total. The molecule has 0 unspecified atom stereocenters. The van der Waals surface area contributed by atoms with Crippen molar-refractivity contribution in [3.63, 3.8) is 0 Å². The van der Waals surface area contributed by atoms with Gasteiger partial charge in [0.25, 0.3) is 0 Å². The van der Waals surface area contributed by atoms with E-state index in [0.717, 1.165) is 0 Å². The van der Waals surface area contributed by atoms with Gasteiger partial charge in [0.1, 0.15) is 0 Å². The van der Waals surface area contributed by atoms with Crippen molar-refractivity contribution >= 4 is 0 Å². The van der Waals surface area contributed by atoms with Crippen LogP contribution in [0.15, 0.2) is 18.2 Å². The molecule has 1 radical (unpaired) electrons. The molecule has 1 saturated carbocycles. The fourth-order valence-electron chi connectivity index (χ4n) is 2.40. The molecule has 0 aromatic heterocycles. The first-order valence-corrected chi connectivity index (χ1v) is 6.46. The molecule has 2 rings (SSSR count). The van der Waals surface area contributed by atoms with Gasteiger partial charge in [-0.15, -0.1) is 0 Å². The van der Waals surface area contributed by atoms with Gasteiger partial charge in [-0.1, -0.05) is 34.9 Å². The zero-order chi connectivity index (χ0) is 13.7. The minimum absolute atomic E-state index is 0. The third-order valence-corrected chi connectivity index (χ3v) is 2.73. The molecular weight excluding hydrogens is 267 g/mol. The van der Waals surface area contributed by atoms with Gasteiger partial charge in [0.15, 0.2) is 0 Å². The quantitative estimate of drug-likeness (QED) is 0.590. The van der Waals surface area contributed by atoms with Crippen LogP contribution in [-0.4, -0.2) is 0 Å². The fourth-order valence-corrected chi connectivity index (χ4v) is 2.40. The zero-order valence-electron chi connectivity index (χ0n) is 12.9. The zero-order valence-corrected chi connectivity index (χ0v) is 14.3. The molecule has 0 bridgehead atoms. The Labute approximate surface area is 132 Å². The second kappa shape index (κ2) is 8.87. The van der Waals surface area contributed by atoms with Gasteiger partial charge >= 0.3 is 0 Å². The van der Waals surface area contributed by atoms with Gasteiger partial charge in [0.05, 0.1) is 0 Å². The van der Waals surface area contributed by atoms with E-state index in [1.54, 1.807) is 0 Å². The SMILES string of the molecule is C[C-]1[CH-][C-](C)[CH-][C-](C)[CH-]1.Cc1cc(C)cc(C)c1.[V]. The van der Waals surface area contributed by atoms with Crippen LogP contribution in [0.1, 0.15) is 37.5 Å². The van der Waals surface area contributed by atoms with E-state index in [4.69, 9.17) is 0 Å². The van der Waals surface area contributed by atoms with Crippen LogP contribution in [0.4, 0.5) is 0 Å². The third-order valence-electron chi connectivity index (χ3n) is 2.73. The number of hydrogen-bond acceptors (Lipinski definition) is 0. The van der Waals surface area contributed by atoms with Crippen LogP contribution in [0, 0.1) is 57.8 Å². The molecule has 1 fully saturated rings. The Hall–Kier alpha value is -0.196. The normalized spacial score (nSPS) is 17.4. The largest absolute Gasteiger partial charge is 0.721 e. The van der Waals surface area contributed by atoms with E-state index in [-0.39, 0.29) is 18.6 Å². The van der Waals surface area contributed by atoms with Gasteiger partial charge in [-0.3, -0.25) is 0 Å². The monoisotopic (exact) mass is 291 g/mol. The summed E-state index contributed by atoms with van der Waals surface area (Å²) in [6.45, 7) is 12.8. The molecule has 0 saturated heterocycles. The maximum atomic E-state index is 2.19.